The monoisotopic (exact) mass is 504 g/mol. The molecule has 0 aliphatic heterocycles. The van der Waals surface area contributed by atoms with Crippen LogP contribution >= 0.6 is 12.2 Å². The van der Waals surface area contributed by atoms with Crippen molar-refractivity contribution < 1.29 is 23.7 Å². The van der Waals surface area contributed by atoms with Crippen LogP contribution in [0.15, 0.2) is 66.7 Å². The third-order valence-corrected chi connectivity index (χ3v) is 6.15. The maximum absolute atomic E-state index is 5.78. The summed E-state index contributed by atoms with van der Waals surface area (Å²) in [5.74, 6) is 3.24. The van der Waals surface area contributed by atoms with Gasteiger partial charge in [0.1, 0.15) is 16.1 Å². The number of nitrogens with zero attached hydrogens (tertiary/aromatic N) is 2. The van der Waals surface area contributed by atoms with Crippen molar-refractivity contribution in [2.45, 2.75) is 6.54 Å². The van der Waals surface area contributed by atoms with E-state index in [1.54, 1.807) is 40.2 Å². The zero-order valence-corrected chi connectivity index (χ0v) is 21.7. The first-order chi connectivity index (χ1) is 17.5. The number of ether oxygens (including phenoxy) is 5. The van der Waals surface area contributed by atoms with Gasteiger partial charge in [0.05, 0.1) is 47.8 Å². The quantitative estimate of drug-likeness (QED) is 0.258. The Balaban J connectivity index is 1.84. The summed E-state index contributed by atoms with van der Waals surface area (Å²) in [6, 6.07) is 21.4. The number of rotatable bonds is 9. The van der Waals surface area contributed by atoms with Crippen LogP contribution in [0.5, 0.6) is 28.7 Å². The van der Waals surface area contributed by atoms with Crippen LogP contribution in [0.4, 0.5) is 0 Å². The molecular weight excluding hydrogens is 476 g/mol. The van der Waals surface area contributed by atoms with Gasteiger partial charge < -0.3 is 23.7 Å². The van der Waals surface area contributed by atoms with Crippen LogP contribution in [-0.4, -0.2) is 45.3 Å². The summed E-state index contributed by atoms with van der Waals surface area (Å²) >= 11 is 5.78. The van der Waals surface area contributed by atoms with Crippen LogP contribution in [0.3, 0.4) is 0 Å². The highest BCUT2D eigenvalue weighted by molar-refractivity contribution is 7.71. The minimum absolute atomic E-state index is 0.418. The summed E-state index contributed by atoms with van der Waals surface area (Å²) in [7, 11) is 8.06. The molecule has 186 valence electrons. The maximum atomic E-state index is 5.78. The van der Waals surface area contributed by atoms with E-state index in [2.05, 4.69) is 0 Å². The van der Waals surface area contributed by atoms with Crippen molar-refractivity contribution >= 4 is 12.2 Å². The largest absolute Gasteiger partial charge is 0.497 e. The van der Waals surface area contributed by atoms with Crippen molar-refractivity contribution in [3.8, 4) is 51.1 Å². The van der Waals surface area contributed by atoms with Crippen molar-refractivity contribution in [1.29, 1.82) is 0 Å². The van der Waals surface area contributed by atoms with Crippen molar-refractivity contribution in [2.24, 2.45) is 0 Å². The zero-order valence-electron chi connectivity index (χ0n) is 20.9. The van der Waals surface area contributed by atoms with Gasteiger partial charge >= 0.3 is 0 Å². The van der Waals surface area contributed by atoms with E-state index in [0.29, 0.717) is 28.4 Å². The molecule has 0 saturated heterocycles. The highest BCUT2D eigenvalue weighted by atomic mass is 32.1. The number of methoxy groups -OCH3 is 5. The first-order valence-corrected chi connectivity index (χ1v) is 11.6. The van der Waals surface area contributed by atoms with Crippen LogP contribution in [0.1, 0.15) is 5.56 Å². The second kappa shape index (κ2) is 11.1. The number of benzene rings is 3. The van der Waals surface area contributed by atoms with Gasteiger partial charge in [-0.2, -0.15) is 5.10 Å². The normalized spacial score (nSPS) is 10.6. The molecule has 0 atom stereocenters. The van der Waals surface area contributed by atoms with Crippen LogP contribution in [-0.2, 0) is 6.54 Å². The van der Waals surface area contributed by atoms with Gasteiger partial charge in [0.2, 0.25) is 5.75 Å². The van der Waals surface area contributed by atoms with Gasteiger partial charge in [0.25, 0.3) is 0 Å². The summed E-state index contributed by atoms with van der Waals surface area (Å²) in [5.41, 5.74) is 4.55. The Kier molecular flexibility index (Phi) is 7.75. The Morgan fingerprint density at radius 3 is 1.67 bits per heavy atom. The molecule has 0 fully saturated rings. The Hall–Kier alpha value is -4.04. The molecule has 4 aromatic rings. The Morgan fingerprint density at radius 1 is 0.667 bits per heavy atom. The van der Waals surface area contributed by atoms with Crippen LogP contribution in [0.2, 0.25) is 0 Å². The van der Waals surface area contributed by atoms with Gasteiger partial charge in [0.15, 0.2) is 11.5 Å². The topological polar surface area (TPSA) is 64.0 Å². The molecule has 0 aliphatic rings. The Bertz CT molecular complexity index is 1370. The fraction of sp³-hybridized carbons (Fsp3) is 0.214. The summed E-state index contributed by atoms with van der Waals surface area (Å²) in [5, 5.41) is 4.99. The van der Waals surface area contributed by atoms with Crippen molar-refractivity contribution in [3.05, 3.63) is 76.9 Å². The first-order valence-electron chi connectivity index (χ1n) is 11.2. The first kappa shape index (κ1) is 25.1. The predicted molar refractivity (Wildman–Crippen MR) is 142 cm³/mol. The molecule has 8 heteroatoms. The molecule has 1 heterocycles. The van der Waals surface area contributed by atoms with E-state index < -0.39 is 0 Å². The average Bonchev–Trinajstić information content (AvgIpc) is 2.93. The molecule has 0 bridgehead atoms. The fourth-order valence-corrected chi connectivity index (χ4v) is 4.18. The second-order valence-electron chi connectivity index (χ2n) is 7.89. The third kappa shape index (κ3) is 5.13. The Morgan fingerprint density at radius 2 is 1.19 bits per heavy atom. The third-order valence-electron chi connectivity index (χ3n) is 5.82. The zero-order chi connectivity index (χ0) is 25.7. The van der Waals surface area contributed by atoms with Crippen molar-refractivity contribution in [1.82, 2.24) is 9.78 Å². The summed E-state index contributed by atoms with van der Waals surface area (Å²) in [6.45, 7) is 0.418. The van der Waals surface area contributed by atoms with E-state index in [4.69, 9.17) is 41.0 Å². The van der Waals surface area contributed by atoms with E-state index in [-0.39, 0.29) is 0 Å². The molecule has 0 aliphatic carbocycles. The maximum Gasteiger partial charge on any atom is 0.203 e. The van der Waals surface area contributed by atoms with Crippen molar-refractivity contribution in [2.75, 3.05) is 35.5 Å². The van der Waals surface area contributed by atoms with Gasteiger partial charge in [-0.25, -0.2) is 4.68 Å². The van der Waals surface area contributed by atoms with E-state index >= 15 is 0 Å². The molecule has 0 unspecified atom stereocenters. The molecular formula is C28H28N2O5S. The van der Waals surface area contributed by atoms with Gasteiger partial charge in [-0.3, -0.25) is 0 Å². The SMILES string of the molecule is COc1ccc(-c2cc(=S)n(Cc3cc(OC)c(OC)c(OC)c3)nc2-c2ccc(OC)cc2)cc1. The molecule has 36 heavy (non-hydrogen) atoms. The molecule has 1 aromatic heterocycles. The molecule has 0 saturated carbocycles. The lowest BCUT2D eigenvalue weighted by Gasteiger charge is -2.17. The smallest absolute Gasteiger partial charge is 0.203 e. The molecule has 4 rings (SSSR count). The minimum Gasteiger partial charge on any atom is -0.497 e. The highest BCUT2D eigenvalue weighted by Crippen LogP contribution is 2.39. The Labute approximate surface area is 215 Å². The highest BCUT2D eigenvalue weighted by Gasteiger charge is 2.16. The lowest BCUT2D eigenvalue weighted by molar-refractivity contribution is 0.323. The predicted octanol–water partition coefficient (Wildman–Crippen LogP) is 6.04. The number of hydrogen-bond donors (Lipinski definition) is 0. The van der Waals surface area contributed by atoms with Crippen LogP contribution < -0.4 is 23.7 Å². The van der Waals surface area contributed by atoms with Gasteiger partial charge in [-0.1, -0.05) is 24.4 Å². The van der Waals surface area contributed by atoms with Gasteiger partial charge in [0, 0.05) is 11.1 Å². The average molecular weight is 505 g/mol. The van der Waals surface area contributed by atoms with Crippen LogP contribution in [0.25, 0.3) is 22.4 Å². The lowest BCUT2D eigenvalue weighted by atomic mass is 10.00. The molecule has 0 amide bonds. The molecule has 0 N–H and O–H groups in total. The summed E-state index contributed by atoms with van der Waals surface area (Å²) in [4.78, 5) is 0. The summed E-state index contributed by atoms with van der Waals surface area (Å²) in [6.07, 6.45) is 0. The van der Waals surface area contributed by atoms with Crippen molar-refractivity contribution in [3.63, 3.8) is 0 Å². The van der Waals surface area contributed by atoms with E-state index in [0.717, 1.165) is 39.4 Å². The van der Waals surface area contributed by atoms with Gasteiger partial charge in [-0.05, 0) is 65.7 Å². The van der Waals surface area contributed by atoms with E-state index in [1.807, 2.05) is 66.7 Å². The standard InChI is InChI=1S/C28H28N2O5S/c1-31-21-10-6-19(7-11-21)23-16-26(36)30(29-27(23)20-8-12-22(32-2)13-9-20)17-18-14-24(33-3)28(35-5)25(15-18)34-4/h6-16H,17H2,1-5H3. The van der Waals surface area contributed by atoms with E-state index in [1.165, 1.54) is 0 Å². The second-order valence-corrected chi connectivity index (χ2v) is 8.31. The van der Waals surface area contributed by atoms with Crippen LogP contribution in [0, 0.1) is 4.64 Å². The van der Waals surface area contributed by atoms with Gasteiger partial charge in [-0.15, -0.1) is 0 Å². The summed E-state index contributed by atoms with van der Waals surface area (Å²) < 4.78 is 29.5. The molecule has 0 radical (unpaired) electrons. The van der Waals surface area contributed by atoms with E-state index in [9.17, 15) is 0 Å². The molecule has 0 spiro atoms. The molecule has 3 aromatic carbocycles. The fourth-order valence-electron chi connectivity index (χ4n) is 3.96. The number of aromatic nitrogens is 2. The molecule has 7 nitrogen and oxygen atoms in total. The lowest BCUT2D eigenvalue weighted by Crippen LogP contribution is -2.09. The number of hydrogen-bond acceptors (Lipinski definition) is 7. The minimum atomic E-state index is 0.418.